The van der Waals surface area contributed by atoms with Gasteiger partial charge in [-0.25, -0.2) is 9.59 Å². The largest absolute Gasteiger partial charge is 0.461 e. The van der Waals surface area contributed by atoms with Crippen molar-refractivity contribution in [2.45, 2.75) is 71.3 Å². The number of rotatable bonds is 2. The van der Waals surface area contributed by atoms with Crippen LogP contribution in [0.2, 0.25) is 0 Å². The number of β-amino-alcohol motifs (C(OH)–C–C–N with tert-alkyl or cyclic N) is 1. The van der Waals surface area contributed by atoms with Gasteiger partial charge in [0, 0.05) is 0 Å². The lowest BCUT2D eigenvalue weighted by atomic mass is 10.0. The van der Waals surface area contributed by atoms with Gasteiger partial charge < -0.3 is 14.6 Å². The number of likely N-dealkylation sites (tertiary alicyclic amines) is 1. The molecule has 0 aliphatic carbocycles. The normalized spacial score (nSPS) is 23.6. The molecule has 1 saturated heterocycles. The van der Waals surface area contributed by atoms with Crippen molar-refractivity contribution >= 4 is 12.1 Å². The van der Waals surface area contributed by atoms with E-state index in [1.807, 2.05) is 0 Å². The molecule has 1 aliphatic rings. The monoisotopic (exact) mass is 287 g/mol. The van der Waals surface area contributed by atoms with Gasteiger partial charge in [0.25, 0.3) is 0 Å². The topological polar surface area (TPSA) is 76.1 Å². The Labute approximate surface area is 120 Å². The Hall–Kier alpha value is -1.30. The molecule has 1 fully saturated rings. The number of amides is 1. The van der Waals surface area contributed by atoms with Gasteiger partial charge in [-0.3, -0.25) is 4.90 Å². The maximum atomic E-state index is 12.1. The van der Waals surface area contributed by atoms with Crippen molar-refractivity contribution in [3.63, 3.8) is 0 Å². The van der Waals surface area contributed by atoms with Crippen LogP contribution in [-0.2, 0) is 14.3 Å². The summed E-state index contributed by atoms with van der Waals surface area (Å²) >= 11 is 0. The zero-order chi connectivity index (χ0) is 15.5. The smallest absolute Gasteiger partial charge is 0.411 e. The highest BCUT2D eigenvalue weighted by atomic mass is 16.6. The summed E-state index contributed by atoms with van der Waals surface area (Å²) in [7, 11) is 0. The zero-order valence-corrected chi connectivity index (χ0v) is 12.9. The van der Waals surface area contributed by atoms with Crippen LogP contribution in [0.1, 0.15) is 47.5 Å². The molecule has 0 aromatic rings. The van der Waals surface area contributed by atoms with E-state index in [2.05, 4.69) is 0 Å². The molecular formula is C14H25NO5. The Morgan fingerprint density at radius 1 is 1.25 bits per heavy atom. The highest BCUT2D eigenvalue weighted by molar-refractivity contribution is 5.82. The number of carbonyl (C=O) groups is 2. The van der Waals surface area contributed by atoms with Crippen molar-refractivity contribution in [2.24, 2.45) is 0 Å². The van der Waals surface area contributed by atoms with E-state index in [9.17, 15) is 14.7 Å². The highest BCUT2D eigenvalue weighted by Crippen LogP contribution is 2.22. The van der Waals surface area contributed by atoms with Gasteiger partial charge in [0.2, 0.25) is 0 Å². The minimum Gasteiger partial charge on any atom is -0.461 e. The van der Waals surface area contributed by atoms with Gasteiger partial charge in [0.05, 0.1) is 18.8 Å². The molecule has 0 spiro atoms. The van der Waals surface area contributed by atoms with E-state index in [1.165, 1.54) is 4.90 Å². The van der Waals surface area contributed by atoms with Crippen molar-refractivity contribution in [1.82, 2.24) is 4.90 Å². The van der Waals surface area contributed by atoms with Crippen LogP contribution in [0, 0.1) is 0 Å². The first-order valence-corrected chi connectivity index (χ1v) is 6.98. The second-order valence-electron chi connectivity index (χ2n) is 6.37. The molecular weight excluding hydrogens is 262 g/mol. The predicted octanol–water partition coefficient (Wildman–Crippen LogP) is 1.70. The van der Waals surface area contributed by atoms with Crippen molar-refractivity contribution in [1.29, 1.82) is 0 Å². The van der Waals surface area contributed by atoms with Crippen LogP contribution in [-0.4, -0.2) is 52.5 Å². The summed E-state index contributed by atoms with van der Waals surface area (Å²) in [6.45, 7) is 8.87. The average molecular weight is 287 g/mol. The number of carbonyl (C=O) groups excluding carboxylic acids is 2. The van der Waals surface area contributed by atoms with Gasteiger partial charge in [0.1, 0.15) is 11.6 Å². The molecule has 6 nitrogen and oxygen atoms in total. The Kier molecular flexibility index (Phi) is 5.39. The third-order valence-electron chi connectivity index (χ3n) is 2.81. The molecule has 0 aromatic heterocycles. The minimum absolute atomic E-state index is 0.0901. The summed E-state index contributed by atoms with van der Waals surface area (Å²) in [6.07, 6.45) is -0.620. The second kappa shape index (κ2) is 6.43. The fourth-order valence-corrected chi connectivity index (χ4v) is 2.03. The first-order valence-electron chi connectivity index (χ1n) is 6.98. The maximum Gasteiger partial charge on any atom is 0.411 e. The number of esters is 1. The number of piperidine rings is 1. The molecule has 0 saturated carbocycles. The van der Waals surface area contributed by atoms with Gasteiger partial charge >= 0.3 is 12.1 Å². The molecule has 1 amide bonds. The molecule has 20 heavy (non-hydrogen) atoms. The summed E-state index contributed by atoms with van der Waals surface area (Å²) in [5.41, 5.74) is -0.647. The Balaban J connectivity index is 2.80. The van der Waals surface area contributed by atoms with Crippen LogP contribution in [0.3, 0.4) is 0 Å². The van der Waals surface area contributed by atoms with Gasteiger partial charge in [-0.2, -0.15) is 0 Å². The fraction of sp³-hybridized carbons (Fsp3) is 0.857. The minimum atomic E-state index is -0.685. The van der Waals surface area contributed by atoms with Crippen LogP contribution in [0.25, 0.3) is 0 Å². The van der Waals surface area contributed by atoms with E-state index < -0.39 is 29.8 Å². The first-order chi connectivity index (χ1) is 9.10. The molecule has 116 valence electrons. The lowest BCUT2D eigenvalue weighted by molar-refractivity contribution is -0.156. The van der Waals surface area contributed by atoms with Crippen molar-refractivity contribution in [3.05, 3.63) is 0 Å². The van der Waals surface area contributed by atoms with Crippen LogP contribution in [0.4, 0.5) is 4.79 Å². The number of hydrogen-bond donors (Lipinski definition) is 1. The van der Waals surface area contributed by atoms with Crippen LogP contribution in [0.5, 0.6) is 0 Å². The Morgan fingerprint density at radius 2 is 1.85 bits per heavy atom. The molecule has 1 rings (SSSR count). The van der Waals surface area contributed by atoms with Gasteiger partial charge in [-0.1, -0.05) is 0 Å². The number of aliphatic hydroxyl groups excluding tert-OH is 1. The van der Waals surface area contributed by atoms with E-state index in [0.717, 1.165) is 0 Å². The zero-order valence-electron chi connectivity index (χ0n) is 12.9. The summed E-state index contributed by atoms with van der Waals surface area (Å²) in [4.78, 5) is 25.5. The third kappa shape index (κ3) is 5.00. The fourth-order valence-electron chi connectivity index (χ4n) is 2.03. The van der Waals surface area contributed by atoms with Gasteiger partial charge in [-0.05, 0) is 47.5 Å². The predicted molar refractivity (Wildman–Crippen MR) is 73.2 cm³/mol. The number of ether oxygens (including phenoxy) is 2. The quantitative estimate of drug-likeness (QED) is 0.782. The molecule has 0 bridgehead atoms. The van der Waals surface area contributed by atoms with E-state index in [0.29, 0.717) is 12.8 Å². The number of aliphatic hydroxyl groups is 1. The summed E-state index contributed by atoms with van der Waals surface area (Å²) in [5, 5.41) is 9.71. The van der Waals surface area contributed by atoms with Crippen molar-refractivity contribution in [2.75, 3.05) is 6.54 Å². The summed E-state index contributed by atoms with van der Waals surface area (Å²) in [5.74, 6) is -0.447. The van der Waals surface area contributed by atoms with Crippen LogP contribution >= 0.6 is 0 Å². The third-order valence-corrected chi connectivity index (χ3v) is 2.81. The number of nitrogens with zero attached hydrogens (tertiary/aromatic N) is 1. The standard InChI is InChI=1S/C14H25NO5/c1-9(2)19-12(17)11-7-6-10(16)8-15(11)13(18)20-14(3,4)5/h9-11,16H,6-8H2,1-5H3/t10-,11-/m0/s1. The number of hydrogen-bond acceptors (Lipinski definition) is 5. The van der Waals surface area contributed by atoms with E-state index >= 15 is 0 Å². The highest BCUT2D eigenvalue weighted by Gasteiger charge is 2.38. The van der Waals surface area contributed by atoms with Crippen molar-refractivity contribution in [3.8, 4) is 0 Å². The molecule has 6 heteroatoms. The lowest BCUT2D eigenvalue weighted by Crippen LogP contribution is -2.54. The molecule has 0 radical (unpaired) electrons. The molecule has 1 N–H and O–H groups in total. The second-order valence-corrected chi connectivity index (χ2v) is 6.37. The summed E-state index contributed by atoms with van der Waals surface area (Å²) < 4.78 is 10.4. The SMILES string of the molecule is CC(C)OC(=O)[C@@H]1CC[C@H](O)CN1C(=O)OC(C)(C)C. The van der Waals surface area contributed by atoms with Gasteiger partial charge in [-0.15, -0.1) is 0 Å². The molecule has 2 atom stereocenters. The van der Waals surface area contributed by atoms with E-state index in [4.69, 9.17) is 9.47 Å². The van der Waals surface area contributed by atoms with Gasteiger partial charge in [0.15, 0.2) is 0 Å². The molecule has 0 aromatic carbocycles. The van der Waals surface area contributed by atoms with E-state index in [1.54, 1.807) is 34.6 Å². The Morgan fingerprint density at radius 3 is 2.35 bits per heavy atom. The molecule has 0 unspecified atom stereocenters. The van der Waals surface area contributed by atoms with Crippen LogP contribution in [0.15, 0.2) is 0 Å². The van der Waals surface area contributed by atoms with Crippen molar-refractivity contribution < 1.29 is 24.2 Å². The van der Waals surface area contributed by atoms with E-state index in [-0.39, 0.29) is 12.6 Å². The Bertz CT molecular complexity index is 361. The maximum absolute atomic E-state index is 12.1. The first kappa shape index (κ1) is 16.8. The lowest BCUT2D eigenvalue weighted by Gasteiger charge is -2.37. The molecule has 1 heterocycles. The van der Waals surface area contributed by atoms with Crippen LogP contribution < -0.4 is 0 Å². The average Bonchev–Trinajstić information content (AvgIpc) is 2.25. The molecule has 1 aliphatic heterocycles. The summed E-state index contributed by atoms with van der Waals surface area (Å²) in [6, 6.07) is -0.685.